The third-order valence-corrected chi connectivity index (χ3v) is 6.49. The Morgan fingerprint density at radius 2 is 2.03 bits per heavy atom. The summed E-state index contributed by atoms with van der Waals surface area (Å²) in [5.74, 6) is 1.25. The molecule has 0 bridgehead atoms. The van der Waals surface area contributed by atoms with Crippen LogP contribution in [0.5, 0.6) is 5.75 Å². The zero-order valence-electron chi connectivity index (χ0n) is 15.8. The molecule has 1 atom stereocenters. The van der Waals surface area contributed by atoms with Gasteiger partial charge in [0.25, 0.3) is 0 Å². The average Bonchev–Trinajstić information content (AvgIpc) is 2.72. The molecule has 1 fully saturated rings. The van der Waals surface area contributed by atoms with E-state index in [9.17, 15) is 9.90 Å². The van der Waals surface area contributed by atoms with E-state index in [2.05, 4.69) is 10.3 Å². The molecule has 1 amide bonds. The van der Waals surface area contributed by atoms with Gasteiger partial charge in [-0.2, -0.15) is 0 Å². The van der Waals surface area contributed by atoms with Crippen molar-refractivity contribution < 1.29 is 9.90 Å². The first-order valence-electron chi connectivity index (χ1n) is 9.60. The lowest BCUT2D eigenvalue weighted by Gasteiger charge is -2.35. The van der Waals surface area contributed by atoms with Crippen molar-refractivity contribution in [3.63, 3.8) is 0 Å². The van der Waals surface area contributed by atoms with Gasteiger partial charge in [0.2, 0.25) is 5.91 Å². The second kappa shape index (κ2) is 8.93. The van der Waals surface area contributed by atoms with E-state index in [0.717, 1.165) is 40.9 Å². The van der Waals surface area contributed by atoms with Crippen LogP contribution in [-0.4, -0.2) is 39.7 Å². The third kappa shape index (κ3) is 4.60. The predicted molar refractivity (Wildman–Crippen MR) is 119 cm³/mol. The fourth-order valence-corrected chi connectivity index (χ4v) is 4.96. The molecule has 0 spiro atoms. The van der Waals surface area contributed by atoms with Crippen LogP contribution in [0.25, 0.3) is 10.9 Å². The highest BCUT2D eigenvalue weighted by molar-refractivity contribution is 7.99. The van der Waals surface area contributed by atoms with Crippen LogP contribution in [0.3, 0.4) is 0 Å². The quantitative estimate of drug-likeness (QED) is 0.538. The van der Waals surface area contributed by atoms with Crippen molar-refractivity contribution in [2.24, 2.45) is 0 Å². The van der Waals surface area contributed by atoms with E-state index >= 15 is 0 Å². The molecule has 7 heteroatoms. The van der Waals surface area contributed by atoms with Crippen molar-refractivity contribution in [3.05, 3.63) is 65.3 Å². The number of aromatic hydroxyl groups is 1. The van der Waals surface area contributed by atoms with E-state index in [0.29, 0.717) is 18.0 Å². The van der Waals surface area contributed by atoms with Crippen molar-refractivity contribution in [3.8, 4) is 5.75 Å². The SMILES string of the molecule is O=C1CCSC(c2ccc(O)cc2)N1CCCNc1ccnc2cc(Cl)ccc12. The number of anilines is 1. The molecule has 4 rings (SSSR count). The number of thioether (sulfide) groups is 1. The number of aromatic nitrogens is 1. The molecule has 0 saturated carbocycles. The highest BCUT2D eigenvalue weighted by Crippen LogP contribution is 2.37. The van der Waals surface area contributed by atoms with Crippen molar-refractivity contribution in [1.29, 1.82) is 0 Å². The first-order valence-corrected chi connectivity index (χ1v) is 11.0. The number of carbonyl (C=O) groups is 1. The minimum absolute atomic E-state index is 0.000692. The average molecular weight is 428 g/mol. The van der Waals surface area contributed by atoms with Crippen LogP contribution in [0.2, 0.25) is 5.02 Å². The maximum Gasteiger partial charge on any atom is 0.224 e. The summed E-state index contributed by atoms with van der Waals surface area (Å²) in [6, 6.07) is 14.8. The summed E-state index contributed by atoms with van der Waals surface area (Å²) < 4.78 is 0. The molecule has 1 saturated heterocycles. The first kappa shape index (κ1) is 19.9. The number of hydrogen-bond acceptors (Lipinski definition) is 5. The van der Waals surface area contributed by atoms with Crippen LogP contribution in [0.4, 0.5) is 5.69 Å². The van der Waals surface area contributed by atoms with Gasteiger partial charge in [0.05, 0.1) is 5.52 Å². The van der Waals surface area contributed by atoms with Gasteiger partial charge in [-0.25, -0.2) is 0 Å². The molecule has 1 unspecified atom stereocenters. The lowest BCUT2D eigenvalue weighted by Crippen LogP contribution is -2.38. The molecule has 1 aromatic heterocycles. The number of nitrogens with one attached hydrogen (secondary N) is 1. The molecule has 0 radical (unpaired) electrons. The second-order valence-corrected chi connectivity index (χ2v) is 8.58. The van der Waals surface area contributed by atoms with E-state index < -0.39 is 0 Å². The van der Waals surface area contributed by atoms with Crippen LogP contribution in [0.15, 0.2) is 54.7 Å². The van der Waals surface area contributed by atoms with Crippen LogP contribution in [-0.2, 0) is 4.79 Å². The summed E-state index contributed by atoms with van der Waals surface area (Å²) in [6.07, 6.45) is 3.17. The summed E-state index contributed by atoms with van der Waals surface area (Å²) in [5, 5.41) is 14.7. The van der Waals surface area contributed by atoms with Crippen LogP contribution >= 0.6 is 23.4 Å². The van der Waals surface area contributed by atoms with Crippen molar-refractivity contribution >= 4 is 45.9 Å². The van der Waals surface area contributed by atoms with Gasteiger partial charge in [-0.1, -0.05) is 23.7 Å². The van der Waals surface area contributed by atoms with Gasteiger partial charge in [-0.05, 0) is 48.4 Å². The number of phenols is 1. The van der Waals surface area contributed by atoms with Crippen molar-refractivity contribution in [2.45, 2.75) is 18.2 Å². The van der Waals surface area contributed by atoms with Crippen LogP contribution in [0, 0.1) is 0 Å². The summed E-state index contributed by atoms with van der Waals surface area (Å²) in [6.45, 7) is 1.43. The number of halogens is 1. The number of amides is 1. The Morgan fingerprint density at radius 3 is 2.86 bits per heavy atom. The molecule has 150 valence electrons. The molecule has 3 aromatic rings. The van der Waals surface area contributed by atoms with Gasteiger partial charge in [0.1, 0.15) is 11.1 Å². The third-order valence-electron chi connectivity index (χ3n) is 4.97. The van der Waals surface area contributed by atoms with Crippen molar-refractivity contribution in [2.75, 3.05) is 24.2 Å². The summed E-state index contributed by atoms with van der Waals surface area (Å²) in [4.78, 5) is 18.9. The normalized spacial score (nSPS) is 16.9. The zero-order chi connectivity index (χ0) is 20.2. The fraction of sp³-hybridized carbons (Fsp3) is 0.273. The van der Waals surface area contributed by atoms with Crippen LogP contribution in [0.1, 0.15) is 23.8 Å². The topological polar surface area (TPSA) is 65.5 Å². The summed E-state index contributed by atoms with van der Waals surface area (Å²) in [5.41, 5.74) is 2.92. The Hall–Kier alpha value is -2.44. The van der Waals surface area contributed by atoms with Gasteiger partial charge < -0.3 is 15.3 Å². The number of hydrogen-bond donors (Lipinski definition) is 2. The Balaban J connectivity index is 1.40. The monoisotopic (exact) mass is 427 g/mol. The van der Waals surface area contributed by atoms with Gasteiger partial charge in [-0.3, -0.25) is 9.78 Å². The molecule has 2 heterocycles. The van der Waals surface area contributed by atoms with Gasteiger partial charge in [-0.15, -0.1) is 11.8 Å². The maximum absolute atomic E-state index is 12.5. The van der Waals surface area contributed by atoms with E-state index in [1.807, 2.05) is 41.3 Å². The molecule has 1 aliphatic rings. The second-order valence-electron chi connectivity index (χ2n) is 6.95. The van der Waals surface area contributed by atoms with Gasteiger partial charge in [0.15, 0.2) is 0 Å². The molecular formula is C22H22ClN3O2S. The highest BCUT2D eigenvalue weighted by atomic mass is 35.5. The number of benzene rings is 2. The fourth-order valence-electron chi connectivity index (χ4n) is 3.53. The number of carbonyl (C=O) groups excluding carboxylic acids is 1. The predicted octanol–water partition coefficient (Wildman–Crippen LogP) is 5.06. The molecule has 2 N–H and O–H groups in total. The highest BCUT2D eigenvalue weighted by Gasteiger charge is 2.29. The molecular weight excluding hydrogens is 406 g/mol. The molecule has 1 aliphatic heterocycles. The van der Waals surface area contributed by atoms with Gasteiger partial charge >= 0.3 is 0 Å². The van der Waals surface area contributed by atoms with Crippen LogP contribution < -0.4 is 5.32 Å². The maximum atomic E-state index is 12.5. The van der Waals surface area contributed by atoms with Crippen molar-refractivity contribution in [1.82, 2.24) is 9.88 Å². The Morgan fingerprint density at radius 1 is 1.21 bits per heavy atom. The summed E-state index contributed by atoms with van der Waals surface area (Å²) in [7, 11) is 0. The van der Waals surface area contributed by atoms with Gasteiger partial charge in [0, 0.05) is 47.6 Å². The number of nitrogens with zero attached hydrogens (tertiary/aromatic N) is 2. The molecule has 2 aromatic carbocycles. The number of fused-ring (bicyclic) bond motifs is 1. The smallest absolute Gasteiger partial charge is 0.224 e. The lowest BCUT2D eigenvalue weighted by atomic mass is 10.1. The zero-order valence-corrected chi connectivity index (χ0v) is 17.4. The largest absolute Gasteiger partial charge is 0.508 e. The number of rotatable bonds is 6. The lowest BCUT2D eigenvalue weighted by molar-refractivity contribution is -0.132. The number of phenolic OH excluding ortho intramolecular Hbond substituents is 1. The molecule has 0 aliphatic carbocycles. The van der Waals surface area contributed by atoms with E-state index in [-0.39, 0.29) is 17.0 Å². The molecule has 5 nitrogen and oxygen atoms in total. The Labute approximate surface area is 179 Å². The van der Waals surface area contributed by atoms with E-state index in [4.69, 9.17) is 11.6 Å². The minimum Gasteiger partial charge on any atom is -0.508 e. The first-order chi connectivity index (χ1) is 14.1. The Bertz CT molecular complexity index is 1010. The minimum atomic E-state index is 0.000692. The Kier molecular flexibility index (Phi) is 6.11. The number of pyridine rings is 1. The summed E-state index contributed by atoms with van der Waals surface area (Å²) >= 11 is 7.83. The van der Waals surface area contributed by atoms with E-state index in [1.54, 1.807) is 30.1 Å². The van der Waals surface area contributed by atoms with E-state index in [1.165, 1.54) is 0 Å². The standard InChI is InChI=1S/C22H22ClN3O2S/c23-16-4-7-18-19(8-11-25-20(18)14-16)24-10-1-12-26-21(28)9-13-29-22(26)15-2-5-17(27)6-3-15/h2-8,11,14,22,27H,1,9-10,12-13H2,(H,24,25). The molecule has 29 heavy (non-hydrogen) atoms.